The zero-order chi connectivity index (χ0) is 12.3. The zero-order valence-corrected chi connectivity index (χ0v) is 10.9. The van der Waals surface area contributed by atoms with Crippen molar-refractivity contribution in [1.82, 2.24) is 9.29 Å². The van der Waals surface area contributed by atoms with Crippen LogP contribution < -0.4 is 0 Å². The van der Waals surface area contributed by atoms with Gasteiger partial charge in [0.1, 0.15) is 0 Å². The largest absolute Gasteiger partial charge is 0.265 e. The van der Waals surface area contributed by atoms with Crippen molar-refractivity contribution in [3.8, 4) is 0 Å². The van der Waals surface area contributed by atoms with Crippen LogP contribution in [-0.2, 0) is 10.0 Å². The average molecular weight is 242 g/mol. The zero-order valence-electron chi connectivity index (χ0n) is 10.1. The third-order valence-corrected chi connectivity index (χ3v) is 5.04. The number of hydrogen-bond donors (Lipinski definition) is 0. The molecule has 0 aromatic carbocycles. The van der Waals surface area contributed by atoms with Crippen molar-refractivity contribution in [2.75, 3.05) is 7.05 Å². The Kier molecular flexibility index (Phi) is 4.04. The highest BCUT2D eigenvalue weighted by atomic mass is 32.2. The van der Waals surface area contributed by atoms with E-state index in [2.05, 4.69) is 4.98 Å². The minimum absolute atomic E-state index is 0.171. The first-order chi connectivity index (χ1) is 7.37. The quantitative estimate of drug-likeness (QED) is 0.809. The Morgan fingerprint density at radius 1 is 1.19 bits per heavy atom. The van der Waals surface area contributed by atoms with E-state index in [-0.39, 0.29) is 6.04 Å². The number of sulfonamides is 1. The summed E-state index contributed by atoms with van der Waals surface area (Å²) >= 11 is 0. The van der Waals surface area contributed by atoms with E-state index in [1.807, 2.05) is 19.1 Å². The van der Waals surface area contributed by atoms with Gasteiger partial charge in [0, 0.05) is 25.5 Å². The highest BCUT2D eigenvalue weighted by Gasteiger charge is 2.27. The second-order valence-electron chi connectivity index (χ2n) is 4.07. The fourth-order valence-electron chi connectivity index (χ4n) is 1.40. The molecule has 1 heterocycles. The van der Waals surface area contributed by atoms with E-state index in [0.29, 0.717) is 0 Å². The predicted octanol–water partition coefficient (Wildman–Crippen LogP) is 1.81. The molecule has 0 bridgehead atoms. The van der Waals surface area contributed by atoms with Crippen molar-refractivity contribution < 1.29 is 8.42 Å². The summed E-state index contributed by atoms with van der Waals surface area (Å²) in [5.41, 5.74) is 0.946. The van der Waals surface area contributed by atoms with Gasteiger partial charge in [0.15, 0.2) is 0 Å². The standard InChI is InChI=1S/C11H18N2O2S/c1-9(2)16(14,15)13(4)10(3)11-5-7-12-8-6-11/h5-10H,1-4H3. The van der Waals surface area contributed by atoms with E-state index in [0.717, 1.165) is 5.56 Å². The molecule has 0 radical (unpaired) electrons. The van der Waals surface area contributed by atoms with E-state index >= 15 is 0 Å². The van der Waals surface area contributed by atoms with Crippen LogP contribution in [0.5, 0.6) is 0 Å². The molecule has 90 valence electrons. The van der Waals surface area contributed by atoms with Gasteiger partial charge in [0.05, 0.1) is 5.25 Å². The van der Waals surface area contributed by atoms with Crippen LogP contribution >= 0.6 is 0 Å². The van der Waals surface area contributed by atoms with Gasteiger partial charge >= 0.3 is 0 Å². The first-order valence-corrected chi connectivity index (χ1v) is 6.74. The molecular weight excluding hydrogens is 224 g/mol. The third-order valence-electron chi connectivity index (χ3n) is 2.73. The van der Waals surface area contributed by atoms with Gasteiger partial charge in [-0.25, -0.2) is 8.42 Å². The summed E-state index contributed by atoms with van der Waals surface area (Å²) in [5.74, 6) is 0. The fourth-order valence-corrected chi connectivity index (χ4v) is 2.63. The monoisotopic (exact) mass is 242 g/mol. The SMILES string of the molecule is CC(c1ccncc1)N(C)S(=O)(=O)C(C)C. The number of pyridine rings is 1. The van der Waals surface area contributed by atoms with Crippen molar-refractivity contribution in [2.24, 2.45) is 0 Å². The van der Waals surface area contributed by atoms with Crippen LogP contribution in [0.2, 0.25) is 0 Å². The molecule has 0 aliphatic heterocycles. The number of nitrogens with zero attached hydrogens (tertiary/aromatic N) is 2. The Labute approximate surface area is 97.4 Å². The van der Waals surface area contributed by atoms with E-state index in [1.165, 1.54) is 4.31 Å². The van der Waals surface area contributed by atoms with Crippen LogP contribution in [0.15, 0.2) is 24.5 Å². The Balaban J connectivity index is 2.96. The Bertz CT molecular complexity index is 429. The third kappa shape index (κ3) is 2.59. The molecule has 1 aromatic rings. The lowest BCUT2D eigenvalue weighted by Gasteiger charge is -2.26. The molecule has 1 unspecified atom stereocenters. The summed E-state index contributed by atoms with van der Waals surface area (Å²) in [7, 11) is -1.60. The maximum Gasteiger partial charge on any atom is 0.216 e. The maximum absolute atomic E-state index is 12.0. The van der Waals surface area contributed by atoms with Gasteiger partial charge in [-0.2, -0.15) is 4.31 Å². The van der Waals surface area contributed by atoms with Crippen molar-refractivity contribution >= 4 is 10.0 Å². The lowest BCUT2D eigenvalue weighted by molar-refractivity contribution is 0.393. The van der Waals surface area contributed by atoms with Crippen LogP contribution in [0, 0.1) is 0 Å². The summed E-state index contributed by atoms with van der Waals surface area (Å²) in [6.07, 6.45) is 3.34. The number of aromatic nitrogens is 1. The van der Waals surface area contributed by atoms with Gasteiger partial charge in [0.2, 0.25) is 10.0 Å². The molecule has 0 N–H and O–H groups in total. The highest BCUT2D eigenvalue weighted by Crippen LogP contribution is 2.22. The lowest BCUT2D eigenvalue weighted by atomic mass is 10.1. The van der Waals surface area contributed by atoms with Crippen LogP contribution in [0.1, 0.15) is 32.4 Å². The Hall–Kier alpha value is -0.940. The van der Waals surface area contributed by atoms with Gasteiger partial charge in [-0.15, -0.1) is 0 Å². The van der Waals surface area contributed by atoms with Crippen LogP contribution in [0.4, 0.5) is 0 Å². The fraction of sp³-hybridized carbons (Fsp3) is 0.545. The Morgan fingerprint density at radius 3 is 2.12 bits per heavy atom. The van der Waals surface area contributed by atoms with E-state index in [1.54, 1.807) is 33.3 Å². The van der Waals surface area contributed by atoms with Crippen molar-refractivity contribution in [3.05, 3.63) is 30.1 Å². The van der Waals surface area contributed by atoms with Gasteiger partial charge < -0.3 is 0 Å². The normalized spacial score (nSPS) is 14.4. The summed E-state index contributed by atoms with van der Waals surface area (Å²) in [4.78, 5) is 3.92. The first-order valence-electron chi connectivity index (χ1n) is 5.24. The molecule has 0 saturated carbocycles. The molecular formula is C11H18N2O2S. The molecule has 1 aromatic heterocycles. The molecule has 0 aliphatic rings. The second kappa shape index (κ2) is 4.93. The van der Waals surface area contributed by atoms with Gasteiger partial charge in [-0.1, -0.05) is 0 Å². The predicted molar refractivity (Wildman–Crippen MR) is 64.5 cm³/mol. The minimum Gasteiger partial charge on any atom is -0.265 e. The highest BCUT2D eigenvalue weighted by molar-refractivity contribution is 7.89. The first kappa shape index (κ1) is 13.1. The minimum atomic E-state index is -3.21. The average Bonchev–Trinajstić information content (AvgIpc) is 2.28. The van der Waals surface area contributed by atoms with Crippen molar-refractivity contribution in [1.29, 1.82) is 0 Å². The summed E-state index contributed by atoms with van der Waals surface area (Å²) in [6.45, 7) is 5.24. The number of rotatable bonds is 4. The second-order valence-corrected chi connectivity index (χ2v) is 6.62. The molecule has 0 aliphatic carbocycles. The van der Waals surface area contributed by atoms with E-state index in [4.69, 9.17) is 0 Å². The summed E-state index contributed by atoms with van der Waals surface area (Å²) in [5, 5.41) is -0.401. The molecule has 16 heavy (non-hydrogen) atoms. The van der Waals surface area contributed by atoms with E-state index in [9.17, 15) is 8.42 Å². The molecule has 0 amide bonds. The topological polar surface area (TPSA) is 50.3 Å². The van der Waals surface area contributed by atoms with Gasteiger partial charge in [0.25, 0.3) is 0 Å². The van der Waals surface area contributed by atoms with Gasteiger partial charge in [-0.05, 0) is 38.5 Å². The van der Waals surface area contributed by atoms with Crippen molar-refractivity contribution in [2.45, 2.75) is 32.1 Å². The number of hydrogen-bond acceptors (Lipinski definition) is 3. The molecule has 1 atom stereocenters. The molecule has 0 fully saturated rings. The molecule has 1 rings (SSSR count). The van der Waals surface area contributed by atoms with Crippen LogP contribution in [0.3, 0.4) is 0 Å². The maximum atomic E-state index is 12.0. The van der Waals surface area contributed by atoms with Crippen LogP contribution in [0.25, 0.3) is 0 Å². The molecule has 4 nitrogen and oxygen atoms in total. The molecule has 5 heteroatoms. The van der Waals surface area contributed by atoms with E-state index < -0.39 is 15.3 Å². The van der Waals surface area contributed by atoms with Gasteiger partial charge in [-0.3, -0.25) is 4.98 Å². The van der Waals surface area contributed by atoms with Crippen LogP contribution in [-0.4, -0.2) is 30.0 Å². The molecule has 0 saturated heterocycles. The lowest BCUT2D eigenvalue weighted by Crippen LogP contribution is -2.35. The summed E-state index contributed by atoms with van der Waals surface area (Å²) in [6, 6.07) is 3.49. The smallest absolute Gasteiger partial charge is 0.216 e. The summed E-state index contributed by atoms with van der Waals surface area (Å²) < 4.78 is 25.3. The molecule has 0 spiro atoms. The Morgan fingerprint density at radius 2 is 1.69 bits per heavy atom. The van der Waals surface area contributed by atoms with Crippen molar-refractivity contribution in [3.63, 3.8) is 0 Å².